The molecule has 4 aliphatic heterocycles. The minimum absolute atomic E-state index is 0.250. The fraction of sp³-hybridized carbons (Fsp3) is 0.625. The third-order valence-electron chi connectivity index (χ3n) is 7.61. The van der Waals surface area contributed by atoms with Crippen LogP contribution in [0.4, 0.5) is 0 Å². The van der Waals surface area contributed by atoms with Gasteiger partial charge in [0.25, 0.3) is 0 Å². The summed E-state index contributed by atoms with van der Waals surface area (Å²) in [7, 11) is 2.21. The molecule has 1 aromatic carbocycles. The van der Waals surface area contributed by atoms with E-state index in [9.17, 15) is 4.79 Å². The molecule has 1 amide bonds. The van der Waals surface area contributed by atoms with Crippen LogP contribution in [0.3, 0.4) is 0 Å². The molecule has 7 heteroatoms. The van der Waals surface area contributed by atoms with Crippen molar-refractivity contribution in [2.45, 2.75) is 51.4 Å². The molecule has 2 bridgehead atoms. The van der Waals surface area contributed by atoms with Gasteiger partial charge in [-0.1, -0.05) is 35.5 Å². The lowest BCUT2D eigenvalue weighted by atomic mass is 9.75. The van der Waals surface area contributed by atoms with Gasteiger partial charge in [-0.3, -0.25) is 4.79 Å². The summed E-state index contributed by atoms with van der Waals surface area (Å²) in [4.78, 5) is 18.1. The van der Waals surface area contributed by atoms with Crippen molar-refractivity contribution in [3.8, 4) is 0 Å². The highest BCUT2D eigenvalue weighted by molar-refractivity contribution is 5.79. The number of fused-ring (bicyclic) bond motifs is 3. The van der Waals surface area contributed by atoms with Crippen LogP contribution in [-0.2, 0) is 24.4 Å². The molecule has 166 valence electrons. The number of amides is 1. The molecule has 2 unspecified atom stereocenters. The molecule has 0 spiro atoms. The summed E-state index contributed by atoms with van der Waals surface area (Å²) in [5, 5.41) is 8.88. The first-order valence-electron chi connectivity index (χ1n) is 12.0. The quantitative estimate of drug-likeness (QED) is 0.625. The average Bonchev–Trinajstić information content (AvgIpc) is 3.47. The van der Waals surface area contributed by atoms with E-state index in [2.05, 4.69) is 58.8 Å². The molecule has 2 N–H and O–H groups in total. The Morgan fingerprint density at radius 2 is 2.00 bits per heavy atom. The summed E-state index contributed by atoms with van der Waals surface area (Å²) in [6.45, 7) is 6.95. The van der Waals surface area contributed by atoms with Crippen molar-refractivity contribution in [2.24, 2.45) is 11.8 Å². The monoisotopic (exact) mass is 424 g/mol. The highest BCUT2D eigenvalue weighted by Gasteiger charge is 2.47. The van der Waals surface area contributed by atoms with E-state index >= 15 is 0 Å². The van der Waals surface area contributed by atoms with Crippen molar-refractivity contribution in [1.82, 2.24) is 19.9 Å². The topological polar surface area (TPSA) is 59.9 Å². The maximum absolute atomic E-state index is 13.0. The number of nitrogens with zero attached hydrogens (tertiary/aromatic N) is 4. The molecule has 5 heterocycles. The number of hydrogen-bond donors (Lipinski definition) is 2. The van der Waals surface area contributed by atoms with E-state index in [4.69, 9.17) is 0 Å². The Balaban J connectivity index is 1.15. The van der Waals surface area contributed by atoms with Gasteiger partial charge in [0.15, 0.2) is 0 Å². The predicted molar refractivity (Wildman–Crippen MR) is 117 cm³/mol. The number of hydrogen-bond acceptors (Lipinski definition) is 3. The fourth-order valence-electron chi connectivity index (χ4n) is 6.02. The van der Waals surface area contributed by atoms with Crippen LogP contribution in [0, 0.1) is 11.8 Å². The molecule has 4 saturated heterocycles. The Bertz CT molecular complexity index is 877. The zero-order chi connectivity index (χ0) is 21.2. The predicted octanol–water partition coefficient (Wildman–Crippen LogP) is -0.591. The van der Waals surface area contributed by atoms with E-state index in [0.29, 0.717) is 17.9 Å². The maximum atomic E-state index is 13.0. The van der Waals surface area contributed by atoms with E-state index in [-0.39, 0.29) is 5.92 Å². The van der Waals surface area contributed by atoms with Crippen LogP contribution in [0.15, 0.2) is 36.5 Å². The zero-order valence-corrected chi connectivity index (χ0v) is 18.7. The van der Waals surface area contributed by atoms with Crippen LogP contribution >= 0.6 is 0 Å². The summed E-state index contributed by atoms with van der Waals surface area (Å²) in [5.74, 6) is 1.24. The van der Waals surface area contributed by atoms with Crippen LogP contribution in [0.25, 0.3) is 0 Å². The van der Waals surface area contributed by atoms with Crippen molar-refractivity contribution in [1.29, 1.82) is 0 Å². The van der Waals surface area contributed by atoms with E-state index in [0.717, 1.165) is 51.4 Å². The number of likely N-dealkylation sites (tertiary alicyclic amines) is 1. The summed E-state index contributed by atoms with van der Waals surface area (Å²) in [5.41, 5.74) is 2.40. The summed E-state index contributed by atoms with van der Waals surface area (Å²) in [6, 6.07) is 11.2. The first-order chi connectivity index (χ1) is 15.2. The van der Waals surface area contributed by atoms with E-state index in [1.807, 2.05) is 4.68 Å². The number of nitrogens with one attached hydrogen (secondary N) is 2. The Morgan fingerprint density at radius 3 is 2.74 bits per heavy atom. The Kier molecular flexibility index (Phi) is 6.05. The molecule has 4 fully saturated rings. The van der Waals surface area contributed by atoms with Crippen molar-refractivity contribution in [3.05, 3.63) is 47.8 Å². The smallest absolute Gasteiger partial charge is 0.231 e. The highest BCUT2D eigenvalue weighted by Crippen LogP contribution is 2.29. The lowest BCUT2D eigenvalue weighted by Gasteiger charge is -2.46. The summed E-state index contributed by atoms with van der Waals surface area (Å²) < 4.78 is 2.04. The molecule has 0 aliphatic carbocycles. The second kappa shape index (κ2) is 9.09. The molecule has 7 nitrogen and oxygen atoms in total. The SMILES string of the molecule is C[NH+](Cc1ccccc1)Cc1cn(C[C@H]2C[C@H]3CC[NH+]2C[C@@H]3C(=O)N2CCCC2)nn1. The van der Waals surface area contributed by atoms with Gasteiger partial charge >= 0.3 is 0 Å². The van der Waals surface area contributed by atoms with Gasteiger partial charge in [-0.15, -0.1) is 5.10 Å². The normalized spacial score (nSPS) is 28.7. The van der Waals surface area contributed by atoms with E-state index < -0.39 is 0 Å². The number of piperidine rings is 3. The van der Waals surface area contributed by atoms with Crippen molar-refractivity contribution >= 4 is 5.91 Å². The molecule has 1 aromatic heterocycles. The molecule has 31 heavy (non-hydrogen) atoms. The van der Waals surface area contributed by atoms with Crippen molar-refractivity contribution in [2.75, 3.05) is 33.2 Å². The van der Waals surface area contributed by atoms with Gasteiger partial charge < -0.3 is 14.7 Å². The van der Waals surface area contributed by atoms with Crippen LogP contribution in [0.5, 0.6) is 0 Å². The molecule has 4 aliphatic rings. The second-order valence-electron chi connectivity index (χ2n) is 9.96. The van der Waals surface area contributed by atoms with Crippen LogP contribution in [-0.4, -0.2) is 65.1 Å². The van der Waals surface area contributed by atoms with Gasteiger partial charge in [0, 0.05) is 31.5 Å². The number of carbonyl (C=O) groups is 1. The second-order valence-corrected chi connectivity index (χ2v) is 9.96. The highest BCUT2D eigenvalue weighted by atomic mass is 16.2. The van der Waals surface area contributed by atoms with Crippen molar-refractivity contribution in [3.63, 3.8) is 0 Å². The first kappa shape index (κ1) is 20.6. The maximum Gasteiger partial charge on any atom is 0.231 e. The standard InChI is InChI=1S/C24H34N6O/c1-27(14-19-7-3-2-4-8-19)15-21-16-30(26-25-21)17-22-13-20-9-12-29(22)18-23(20)24(31)28-10-5-6-11-28/h2-4,7-8,16,20,22-23H,5-6,9-15,17-18H2,1H3/p+2/t20-,22-,23+/m1/s1. The number of aromatic nitrogens is 3. The number of carbonyl (C=O) groups excluding carboxylic acids is 1. The van der Waals surface area contributed by atoms with Gasteiger partial charge in [0.2, 0.25) is 5.91 Å². The van der Waals surface area contributed by atoms with Gasteiger partial charge in [0.05, 0.1) is 38.8 Å². The Hall–Kier alpha value is -2.25. The van der Waals surface area contributed by atoms with Gasteiger partial charge in [-0.25, -0.2) is 4.68 Å². The summed E-state index contributed by atoms with van der Waals surface area (Å²) >= 11 is 0. The van der Waals surface area contributed by atoms with Crippen molar-refractivity contribution < 1.29 is 14.6 Å². The summed E-state index contributed by atoms with van der Waals surface area (Å²) in [6.07, 6.45) is 6.84. The first-order valence-corrected chi connectivity index (χ1v) is 12.0. The van der Waals surface area contributed by atoms with Gasteiger partial charge in [0.1, 0.15) is 24.8 Å². The van der Waals surface area contributed by atoms with Gasteiger partial charge in [-0.05, 0) is 18.8 Å². The Labute approximate surface area is 185 Å². The molecule has 6 rings (SSSR count). The van der Waals surface area contributed by atoms with Crippen LogP contribution < -0.4 is 9.80 Å². The Morgan fingerprint density at radius 1 is 1.19 bits per heavy atom. The van der Waals surface area contributed by atoms with Crippen LogP contribution in [0.2, 0.25) is 0 Å². The van der Waals surface area contributed by atoms with Gasteiger partial charge in [-0.2, -0.15) is 0 Å². The average molecular weight is 425 g/mol. The largest absolute Gasteiger partial charge is 0.342 e. The number of rotatable bonds is 7. The molecular formula is C24H36N6O+2. The molecule has 0 radical (unpaired) electrons. The lowest BCUT2D eigenvalue weighted by molar-refractivity contribution is -0.945. The van der Waals surface area contributed by atoms with Crippen LogP contribution in [0.1, 0.15) is 36.9 Å². The van der Waals surface area contributed by atoms with E-state index in [1.54, 1.807) is 4.90 Å². The third-order valence-corrected chi connectivity index (χ3v) is 7.61. The third kappa shape index (κ3) is 4.67. The lowest BCUT2D eigenvalue weighted by Crippen LogP contribution is -3.20. The molecule has 5 atom stereocenters. The molecule has 0 saturated carbocycles. The molecular weight excluding hydrogens is 388 g/mol. The zero-order valence-electron chi connectivity index (χ0n) is 18.7. The molecule has 2 aromatic rings. The fourth-order valence-corrected chi connectivity index (χ4v) is 6.02. The minimum Gasteiger partial charge on any atom is -0.342 e. The number of quaternary nitrogens is 2. The van der Waals surface area contributed by atoms with E-state index in [1.165, 1.54) is 36.3 Å². The minimum atomic E-state index is 0.250. The number of benzene rings is 1.